The predicted molar refractivity (Wildman–Crippen MR) is 76.3 cm³/mol. The molecule has 1 saturated heterocycles. The average Bonchev–Trinajstić information content (AvgIpc) is 3.00. The summed E-state index contributed by atoms with van der Waals surface area (Å²) in [6.45, 7) is -0.635. The van der Waals surface area contributed by atoms with Crippen LogP contribution in [0.15, 0.2) is 9.98 Å². The molecule has 3 aliphatic rings. The zero-order chi connectivity index (χ0) is 17.6. The van der Waals surface area contributed by atoms with Crippen LogP contribution in [0.1, 0.15) is 0 Å². The van der Waals surface area contributed by atoms with Gasteiger partial charge in [-0.2, -0.15) is 0 Å². The Kier molecular flexibility index (Phi) is 4.34. The third-order valence-electron chi connectivity index (χ3n) is 3.78. The molecule has 1 fully saturated rings. The van der Waals surface area contributed by atoms with Gasteiger partial charge >= 0.3 is 7.82 Å². The highest BCUT2D eigenvalue weighted by atomic mass is 31.2. The fraction of sp³-hybridized carbons (Fsp3) is 0.700. The first-order valence-corrected chi connectivity index (χ1v) is 8.37. The number of fused-ring (bicyclic) bond motifs is 1. The first-order valence-electron chi connectivity index (χ1n) is 6.84. The molecule has 24 heavy (non-hydrogen) atoms. The van der Waals surface area contributed by atoms with E-state index in [9.17, 15) is 19.6 Å². The average molecular weight is 365 g/mol. The lowest BCUT2D eigenvalue weighted by molar-refractivity contribution is -0.124. The number of aliphatic hydroxyl groups excluding tert-OH is 2. The topological polar surface area (TPSA) is 200 Å². The van der Waals surface area contributed by atoms with Crippen molar-refractivity contribution in [3.8, 4) is 0 Å². The van der Waals surface area contributed by atoms with Crippen molar-refractivity contribution in [2.24, 2.45) is 15.7 Å². The van der Waals surface area contributed by atoms with Crippen LogP contribution < -0.4 is 11.1 Å². The molecule has 3 aliphatic heterocycles. The normalized spacial score (nSPS) is 38.9. The first-order chi connectivity index (χ1) is 11.2. The number of amides is 1. The van der Waals surface area contributed by atoms with Crippen LogP contribution in [-0.2, 0) is 18.6 Å². The van der Waals surface area contributed by atoms with Crippen LogP contribution in [0.25, 0.3) is 0 Å². The Bertz CT molecular complexity index is 637. The quantitative estimate of drug-likeness (QED) is 0.267. The maximum absolute atomic E-state index is 11.8. The molecule has 14 heteroatoms. The van der Waals surface area contributed by atoms with E-state index < -0.39 is 57.1 Å². The van der Waals surface area contributed by atoms with Crippen LogP contribution >= 0.6 is 7.82 Å². The first kappa shape index (κ1) is 17.2. The van der Waals surface area contributed by atoms with Crippen LogP contribution in [0.2, 0.25) is 0 Å². The maximum atomic E-state index is 11.8. The molecule has 0 aromatic carbocycles. The summed E-state index contributed by atoms with van der Waals surface area (Å²) in [6.07, 6.45) is -4.86. The minimum absolute atomic E-state index is 0.119. The number of nitrogens with one attached hydrogen (secondary N) is 1. The van der Waals surface area contributed by atoms with E-state index in [-0.39, 0.29) is 5.96 Å². The molecule has 0 aromatic heterocycles. The monoisotopic (exact) mass is 365 g/mol. The summed E-state index contributed by atoms with van der Waals surface area (Å²) in [4.78, 5) is 38.5. The lowest BCUT2D eigenvalue weighted by atomic mass is 10.1. The summed E-state index contributed by atoms with van der Waals surface area (Å²) < 4.78 is 20.4. The van der Waals surface area contributed by atoms with Gasteiger partial charge < -0.3 is 35.4 Å². The molecule has 0 radical (unpaired) electrons. The van der Waals surface area contributed by atoms with E-state index in [1.807, 2.05) is 0 Å². The summed E-state index contributed by atoms with van der Waals surface area (Å²) in [6, 6.07) is -0.879. The molecular weight excluding hydrogens is 349 g/mol. The standard InChI is InChI=1S/C10H16N5O8P/c11-10-13-7-4(8(18)14-10)12-2-15(7)9-6(17)5(16)3(23-9)1-22-24(19,20)21/h2-7,9,16-17H,1H2,(H2,19,20,21)(H3,11,13,14,18)/t3-,4-,5-,6-,7+,9-/m1/s1. The molecule has 7 N–H and O–H groups in total. The minimum atomic E-state index is -4.75. The third-order valence-corrected chi connectivity index (χ3v) is 4.26. The van der Waals surface area contributed by atoms with Crippen LogP contribution in [0.5, 0.6) is 0 Å². The molecule has 0 aromatic rings. The van der Waals surface area contributed by atoms with Crippen LogP contribution in [0, 0.1) is 0 Å². The Balaban J connectivity index is 1.73. The smallest absolute Gasteiger partial charge is 0.387 e. The summed E-state index contributed by atoms with van der Waals surface area (Å²) >= 11 is 0. The van der Waals surface area contributed by atoms with Gasteiger partial charge in [-0.05, 0) is 0 Å². The highest BCUT2D eigenvalue weighted by molar-refractivity contribution is 7.46. The van der Waals surface area contributed by atoms with Gasteiger partial charge in [-0.25, -0.2) is 9.56 Å². The molecule has 13 nitrogen and oxygen atoms in total. The zero-order valence-corrected chi connectivity index (χ0v) is 12.9. The number of aliphatic hydroxyl groups is 2. The Labute approximate surface area is 135 Å². The lowest BCUT2D eigenvalue weighted by Crippen LogP contribution is -2.56. The van der Waals surface area contributed by atoms with Gasteiger partial charge in [0, 0.05) is 0 Å². The summed E-state index contributed by atoms with van der Waals surface area (Å²) in [5.41, 5.74) is 5.50. The number of hydrogen-bond donors (Lipinski definition) is 6. The van der Waals surface area contributed by atoms with E-state index in [0.717, 1.165) is 0 Å². The molecular formula is C10H16N5O8P. The summed E-state index contributed by atoms with van der Waals surface area (Å²) in [5.74, 6) is -0.591. The molecule has 0 spiro atoms. The number of carbonyl (C=O) groups is 1. The number of guanidine groups is 1. The summed E-state index contributed by atoms with van der Waals surface area (Å²) in [5, 5.41) is 22.4. The Morgan fingerprint density at radius 2 is 2.12 bits per heavy atom. The fourth-order valence-electron chi connectivity index (χ4n) is 2.67. The number of phosphoric acid groups is 1. The van der Waals surface area contributed by atoms with Crippen LogP contribution in [0.4, 0.5) is 0 Å². The van der Waals surface area contributed by atoms with Crippen molar-refractivity contribution in [3.05, 3.63) is 0 Å². The Morgan fingerprint density at radius 3 is 2.79 bits per heavy atom. The van der Waals surface area contributed by atoms with E-state index in [1.54, 1.807) is 0 Å². The largest absolute Gasteiger partial charge is 0.469 e. The zero-order valence-electron chi connectivity index (χ0n) is 12.0. The minimum Gasteiger partial charge on any atom is -0.387 e. The number of nitrogens with two attached hydrogens (primary N) is 1. The van der Waals surface area contributed by atoms with Gasteiger partial charge in [-0.3, -0.25) is 19.6 Å². The molecule has 1 amide bonds. The third kappa shape index (κ3) is 3.15. The molecule has 3 rings (SSSR count). The molecule has 134 valence electrons. The number of aliphatic imine (C=N–C) groups is 2. The van der Waals surface area contributed by atoms with Gasteiger partial charge in [0.1, 0.15) is 18.3 Å². The predicted octanol–water partition coefficient (Wildman–Crippen LogP) is -3.97. The maximum Gasteiger partial charge on any atom is 0.469 e. The van der Waals surface area contributed by atoms with Crippen molar-refractivity contribution in [2.75, 3.05) is 6.61 Å². The second kappa shape index (κ2) is 6.04. The fourth-order valence-corrected chi connectivity index (χ4v) is 3.01. The number of rotatable bonds is 4. The van der Waals surface area contributed by atoms with E-state index >= 15 is 0 Å². The molecule has 0 bridgehead atoms. The number of nitrogens with zero attached hydrogens (tertiary/aromatic N) is 3. The van der Waals surface area contributed by atoms with Gasteiger partial charge in [-0.1, -0.05) is 0 Å². The van der Waals surface area contributed by atoms with Gasteiger partial charge in [0.25, 0.3) is 5.91 Å². The van der Waals surface area contributed by atoms with Crippen molar-refractivity contribution in [2.45, 2.75) is 36.7 Å². The van der Waals surface area contributed by atoms with Gasteiger partial charge in [0.05, 0.1) is 12.9 Å². The second-order valence-corrected chi connectivity index (χ2v) is 6.65. The van der Waals surface area contributed by atoms with E-state index in [4.69, 9.17) is 20.3 Å². The highest BCUT2D eigenvalue weighted by Gasteiger charge is 2.51. The second-order valence-electron chi connectivity index (χ2n) is 5.41. The van der Waals surface area contributed by atoms with E-state index in [1.165, 1.54) is 11.2 Å². The number of ether oxygens (including phenoxy) is 1. The van der Waals surface area contributed by atoms with Crippen molar-refractivity contribution in [1.82, 2.24) is 10.2 Å². The number of phosphoric ester groups is 1. The van der Waals surface area contributed by atoms with Crippen LogP contribution in [0.3, 0.4) is 0 Å². The number of hydrogen-bond acceptors (Lipinski definition) is 10. The van der Waals surface area contributed by atoms with Gasteiger partial charge in [-0.15, -0.1) is 0 Å². The lowest BCUT2D eigenvalue weighted by Gasteiger charge is -2.32. The Morgan fingerprint density at radius 1 is 1.42 bits per heavy atom. The summed E-state index contributed by atoms with van der Waals surface area (Å²) in [7, 11) is -4.75. The van der Waals surface area contributed by atoms with Gasteiger partial charge in [0.15, 0.2) is 24.4 Å². The van der Waals surface area contributed by atoms with Crippen molar-refractivity contribution in [3.63, 3.8) is 0 Å². The molecule has 0 aliphatic carbocycles. The van der Waals surface area contributed by atoms with E-state index in [2.05, 4.69) is 19.8 Å². The van der Waals surface area contributed by atoms with Crippen molar-refractivity contribution in [1.29, 1.82) is 0 Å². The van der Waals surface area contributed by atoms with E-state index in [0.29, 0.717) is 0 Å². The Hall–Kier alpha value is -1.60. The molecule has 0 unspecified atom stereocenters. The molecule has 3 heterocycles. The number of carbonyl (C=O) groups excluding carboxylic acids is 1. The van der Waals surface area contributed by atoms with Crippen LogP contribution in [-0.4, -0.2) is 86.5 Å². The SMILES string of the molecule is NC1=N[C@@H]2[C@@H](N=CN2[C@@H]2O[C@H](COP(=O)(O)O)[C@@H](O)[C@H]2O)C(=O)N1. The van der Waals surface area contributed by atoms with Crippen molar-refractivity contribution >= 4 is 26.0 Å². The van der Waals surface area contributed by atoms with Crippen molar-refractivity contribution < 1.29 is 38.6 Å². The van der Waals surface area contributed by atoms with Gasteiger partial charge in [0.2, 0.25) is 0 Å². The highest BCUT2D eigenvalue weighted by Crippen LogP contribution is 2.37. The molecule has 6 atom stereocenters. The molecule has 0 saturated carbocycles.